The summed E-state index contributed by atoms with van der Waals surface area (Å²) in [5.74, 6) is 0.463. The molecule has 0 aromatic heterocycles. The van der Waals surface area contributed by atoms with E-state index >= 15 is 0 Å². The zero-order valence-corrected chi connectivity index (χ0v) is 16.3. The van der Waals surface area contributed by atoms with Crippen molar-refractivity contribution in [2.75, 3.05) is 11.9 Å². The average molecular weight is 441 g/mol. The van der Waals surface area contributed by atoms with E-state index in [0.29, 0.717) is 5.75 Å². The monoisotopic (exact) mass is 439 g/mol. The molecule has 0 saturated carbocycles. The molecule has 1 amide bonds. The van der Waals surface area contributed by atoms with Gasteiger partial charge in [0.05, 0.1) is 8.95 Å². The lowest BCUT2D eigenvalue weighted by atomic mass is 10.0. The van der Waals surface area contributed by atoms with Gasteiger partial charge in [0, 0.05) is 5.69 Å². The molecule has 2 aromatic rings. The van der Waals surface area contributed by atoms with E-state index in [2.05, 4.69) is 51.0 Å². The number of hydrogen-bond acceptors (Lipinski definition) is 2. The van der Waals surface area contributed by atoms with Crippen molar-refractivity contribution in [3.8, 4) is 5.75 Å². The minimum atomic E-state index is -0.164. The highest BCUT2D eigenvalue weighted by Crippen LogP contribution is 2.33. The van der Waals surface area contributed by atoms with Gasteiger partial charge in [0.15, 0.2) is 6.61 Å². The molecule has 0 spiro atoms. The van der Waals surface area contributed by atoms with Crippen LogP contribution >= 0.6 is 31.9 Å². The summed E-state index contributed by atoms with van der Waals surface area (Å²) in [5, 5.41) is 3.00. The van der Waals surface area contributed by atoms with E-state index in [4.69, 9.17) is 4.74 Å². The van der Waals surface area contributed by atoms with Crippen LogP contribution in [0.2, 0.25) is 0 Å². The van der Waals surface area contributed by atoms with Gasteiger partial charge in [-0.2, -0.15) is 0 Å². The molecule has 2 rings (SSSR count). The summed E-state index contributed by atoms with van der Waals surface area (Å²) in [7, 11) is 0. The number of hydrogen-bond donors (Lipinski definition) is 1. The Balaban J connectivity index is 2.09. The maximum Gasteiger partial charge on any atom is 0.262 e. The minimum Gasteiger partial charge on any atom is -0.481 e. The van der Waals surface area contributed by atoms with Crippen LogP contribution in [0, 0.1) is 0 Å². The van der Waals surface area contributed by atoms with Gasteiger partial charge in [-0.05, 0) is 68.0 Å². The Morgan fingerprint density at radius 2 is 1.52 bits per heavy atom. The number of para-hydroxylation sites is 2. The third-order valence-electron chi connectivity index (χ3n) is 3.53. The number of nitrogens with one attached hydrogen (secondary N) is 1. The Morgan fingerprint density at radius 3 is 2.04 bits per heavy atom. The third-order valence-corrected chi connectivity index (χ3v) is 4.78. The van der Waals surface area contributed by atoms with Gasteiger partial charge in [-0.1, -0.05) is 38.1 Å². The van der Waals surface area contributed by atoms with Crippen LogP contribution in [-0.4, -0.2) is 12.5 Å². The Bertz CT molecular complexity index is 659. The molecule has 0 bridgehead atoms. The topological polar surface area (TPSA) is 38.3 Å². The molecule has 0 fully saturated rings. The molecule has 122 valence electrons. The first-order chi connectivity index (χ1) is 11.1. The quantitative estimate of drug-likeness (QED) is 0.656. The SMILES string of the molecule is CCc1cccc(CC)c1NC(=O)COc1c(Br)cccc1Br. The molecular formula is C18H19Br2NO2. The molecule has 5 heteroatoms. The highest BCUT2D eigenvalue weighted by atomic mass is 79.9. The molecule has 0 aliphatic heterocycles. The Kier molecular flexibility index (Phi) is 6.66. The number of aryl methyl sites for hydroxylation is 2. The first-order valence-corrected chi connectivity index (χ1v) is 9.12. The van der Waals surface area contributed by atoms with Crippen LogP contribution in [0.3, 0.4) is 0 Å². The zero-order valence-electron chi connectivity index (χ0n) is 13.2. The summed E-state index contributed by atoms with van der Waals surface area (Å²) in [6.45, 7) is 4.13. The van der Waals surface area contributed by atoms with E-state index in [-0.39, 0.29) is 12.5 Å². The first kappa shape index (κ1) is 18.0. The number of halogens is 2. The van der Waals surface area contributed by atoms with Gasteiger partial charge in [0.25, 0.3) is 5.91 Å². The molecule has 0 atom stereocenters. The molecule has 0 aliphatic carbocycles. The number of amides is 1. The summed E-state index contributed by atoms with van der Waals surface area (Å²) in [4.78, 5) is 12.3. The lowest BCUT2D eigenvalue weighted by Gasteiger charge is -2.15. The molecule has 3 nitrogen and oxygen atoms in total. The number of anilines is 1. The first-order valence-electron chi connectivity index (χ1n) is 7.54. The van der Waals surface area contributed by atoms with E-state index in [0.717, 1.165) is 38.6 Å². The van der Waals surface area contributed by atoms with Crippen molar-refractivity contribution >= 4 is 43.5 Å². The fourth-order valence-electron chi connectivity index (χ4n) is 2.34. The molecule has 0 saturated heterocycles. The van der Waals surface area contributed by atoms with Crippen LogP contribution < -0.4 is 10.1 Å². The molecule has 0 aliphatic rings. The van der Waals surface area contributed by atoms with Crippen LogP contribution in [-0.2, 0) is 17.6 Å². The summed E-state index contributed by atoms with van der Waals surface area (Å²) in [6, 6.07) is 11.8. The summed E-state index contributed by atoms with van der Waals surface area (Å²) in [6.07, 6.45) is 1.75. The number of ether oxygens (including phenoxy) is 1. The third kappa shape index (κ3) is 4.58. The standard InChI is InChI=1S/C18H19Br2NO2/c1-3-12-7-5-8-13(4-2)17(12)21-16(22)11-23-18-14(19)9-6-10-15(18)20/h5-10H,3-4,11H2,1-2H3,(H,21,22). The Labute approximate surface area is 153 Å². The van der Waals surface area contributed by atoms with Gasteiger partial charge in [-0.25, -0.2) is 0 Å². The van der Waals surface area contributed by atoms with Crippen molar-refractivity contribution in [1.82, 2.24) is 0 Å². The van der Waals surface area contributed by atoms with Gasteiger partial charge < -0.3 is 10.1 Å². The van der Waals surface area contributed by atoms with Gasteiger partial charge >= 0.3 is 0 Å². The van der Waals surface area contributed by atoms with E-state index in [1.54, 1.807) is 0 Å². The van der Waals surface area contributed by atoms with Crippen LogP contribution in [0.5, 0.6) is 5.75 Å². The van der Waals surface area contributed by atoms with Crippen molar-refractivity contribution < 1.29 is 9.53 Å². The van der Waals surface area contributed by atoms with Crippen LogP contribution in [0.1, 0.15) is 25.0 Å². The maximum atomic E-state index is 12.3. The van der Waals surface area contributed by atoms with E-state index < -0.39 is 0 Å². The molecule has 0 radical (unpaired) electrons. The van der Waals surface area contributed by atoms with Crippen molar-refractivity contribution in [2.24, 2.45) is 0 Å². The number of rotatable bonds is 6. The number of benzene rings is 2. The van der Waals surface area contributed by atoms with Gasteiger partial charge in [-0.15, -0.1) is 0 Å². The fraction of sp³-hybridized carbons (Fsp3) is 0.278. The lowest BCUT2D eigenvalue weighted by Crippen LogP contribution is -2.22. The number of carbonyl (C=O) groups is 1. The van der Waals surface area contributed by atoms with Crippen molar-refractivity contribution in [3.05, 3.63) is 56.5 Å². The fourth-order valence-corrected chi connectivity index (χ4v) is 3.56. The second-order valence-electron chi connectivity index (χ2n) is 5.05. The lowest BCUT2D eigenvalue weighted by molar-refractivity contribution is -0.118. The predicted octanol–water partition coefficient (Wildman–Crippen LogP) is 5.35. The van der Waals surface area contributed by atoms with Gasteiger partial charge in [0.2, 0.25) is 0 Å². The summed E-state index contributed by atoms with van der Waals surface area (Å²) >= 11 is 6.85. The van der Waals surface area contributed by atoms with Gasteiger partial charge in [0.1, 0.15) is 5.75 Å². The molecular weight excluding hydrogens is 422 g/mol. The molecule has 23 heavy (non-hydrogen) atoms. The van der Waals surface area contributed by atoms with E-state index in [1.807, 2.05) is 36.4 Å². The van der Waals surface area contributed by atoms with Gasteiger partial charge in [-0.3, -0.25) is 4.79 Å². The van der Waals surface area contributed by atoms with Crippen molar-refractivity contribution in [3.63, 3.8) is 0 Å². The molecule has 0 unspecified atom stereocenters. The van der Waals surface area contributed by atoms with Crippen LogP contribution in [0.25, 0.3) is 0 Å². The Morgan fingerprint density at radius 1 is 1.00 bits per heavy atom. The molecule has 1 N–H and O–H groups in total. The second-order valence-corrected chi connectivity index (χ2v) is 6.75. The molecule has 0 heterocycles. The zero-order chi connectivity index (χ0) is 16.8. The summed E-state index contributed by atoms with van der Waals surface area (Å²) in [5.41, 5.74) is 3.19. The minimum absolute atomic E-state index is 0.0393. The highest BCUT2D eigenvalue weighted by molar-refractivity contribution is 9.11. The normalized spacial score (nSPS) is 10.4. The predicted molar refractivity (Wildman–Crippen MR) is 101 cm³/mol. The van der Waals surface area contributed by atoms with Crippen molar-refractivity contribution in [1.29, 1.82) is 0 Å². The van der Waals surface area contributed by atoms with Crippen LogP contribution in [0.15, 0.2) is 45.3 Å². The van der Waals surface area contributed by atoms with Crippen LogP contribution in [0.4, 0.5) is 5.69 Å². The second kappa shape index (κ2) is 8.50. The smallest absolute Gasteiger partial charge is 0.262 e. The van der Waals surface area contributed by atoms with Crippen molar-refractivity contribution in [2.45, 2.75) is 26.7 Å². The highest BCUT2D eigenvalue weighted by Gasteiger charge is 2.12. The number of carbonyl (C=O) groups excluding carboxylic acids is 1. The largest absolute Gasteiger partial charge is 0.481 e. The molecule has 2 aromatic carbocycles. The Hall–Kier alpha value is -1.33. The van der Waals surface area contributed by atoms with E-state index in [9.17, 15) is 4.79 Å². The average Bonchev–Trinajstić information content (AvgIpc) is 2.54. The maximum absolute atomic E-state index is 12.3. The summed E-state index contributed by atoms with van der Waals surface area (Å²) < 4.78 is 7.26. The van der Waals surface area contributed by atoms with E-state index in [1.165, 1.54) is 0 Å².